The van der Waals surface area contributed by atoms with Crippen molar-refractivity contribution < 1.29 is 0 Å². The maximum absolute atomic E-state index is 2.24. The van der Waals surface area contributed by atoms with Crippen LogP contribution in [0.2, 0.25) is 0 Å². The Bertz CT molecular complexity index is 1910. The molecule has 0 bridgehead atoms. The van der Waals surface area contributed by atoms with Crippen molar-refractivity contribution in [3.63, 3.8) is 0 Å². The molecule has 0 spiro atoms. The third-order valence-corrected chi connectivity index (χ3v) is 8.69. The molecule has 0 amide bonds. The van der Waals surface area contributed by atoms with Gasteiger partial charge in [-0.05, 0) is 91.8 Å². The third-order valence-electron chi connectivity index (χ3n) is 8.69. The van der Waals surface area contributed by atoms with Crippen LogP contribution in [0.25, 0.3) is 64.6 Å². The predicted molar refractivity (Wildman–Crippen MR) is 214 cm³/mol. The third kappa shape index (κ3) is 7.65. The minimum absolute atomic E-state index is 0. The Kier molecular flexibility index (Phi) is 12.1. The minimum Gasteiger partial charge on any atom is -0.335 e. The van der Waals surface area contributed by atoms with Gasteiger partial charge in [-0.1, -0.05) is 174 Å². The number of fused-ring (bicyclic) bond motifs is 10. The molecule has 0 aromatic heterocycles. The average molecular weight is 616 g/mol. The monoisotopic (exact) mass is 615 g/mol. The van der Waals surface area contributed by atoms with Gasteiger partial charge in [0, 0.05) is 0 Å². The SMILES string of the molecule is C.C.CCN(C)[B]N(C)CC.c1ccc2c(c1)ccc1c3ccccc3ccc21.c1ccc2c(c1)ccc1c3ccccc3ccc21. The van der Waals surface area contributed by atoms with E-state index in [1.807, 2.05) is 0 Å². The van der Waals surface area contributed by atoms with Crippen molar-refractivity contribution in [1.82, 2.24) is 9.62 Å². The van der Waals surface area contributed by atoms with Gasteiger partial charge < -0.3 is 9.62 Å². The highest BCUT2D eigenvalue weighted by atomic mass is 15.1. The Balaban J connectivity index is 0.000000166. The van der Waals surface area contributed by atoms with Crippen LogP contribution in [-0.4, -0.2) is 44.4 Å². The normalized spacial score (nSPS) is 10.8. The summed E-state index contributed by atoms with van der Waals surface area (Å²) in [5.41, 5.74) is 0. The summed E-state index contributed by atoms with van der Waals surface area (Å²) in [5.74, 6) is 0. The maximum Gasteiger partial charge on any atom is 0.312 e. The lowest BCUT2D eigenvalue weighted by atomic mass is 9.97. The van der Waals surface area contributed by atoms with E-state index in [2.05, 4.69) is 191 Å². The molecule has 0 N–H and O–H groups in total. The Morgan fingerprint density at radius 1 is 0.340 bits per heavy atom. The van der Waals surface area contributed by atoms with Crippen molar-refractivity contribution in [2.24, 2.45) is 0 Å². The minimum atomic E-state index is 0. The molecule has 0 unspecified atom stereocenters. The van der Waals surface area contributed by atoms with E-state index in [0.717, 1.165) is 13.1 Å². The van der Waals surface area contributed by atoms with Crippen LogP contribution in [0.4, 0.5) is 0 Å². The first kappa shape index (κ1) is 35.2. The van der Waals surface area contributed by atoms with Crippen molar-refractivity contribution in [1.29, 1.82) is 0 Å². The molecular weight excluding hydrogens is 567 g/mol. The first-order chi connectivity index (χ1) is 22.1. The van der Waals surface area contributed by atoms with Crippen LogP contribution in [0.3, 0.4) is 0 Å². The van der Waals surface area contributed by atoms with Crippen LogP contribution in [0.1, 0.15) is 28.7 Å². The van der Waals surface area contributed by atoms with Crippen LogP contribution in [0.5, 0.6) is 0 Å². The van der Waals surface area contributed by atoms with Crippen molar-refractivity contribution in [2.45, 2.75) is 28.7 Å². The van der Waals surface area contributed by atoms with Crippen LogP contribution < -0.4 is 0 Å². The number of nitrogens with zero attached hydrogens (tertiary/aromatic N) is 2. The van der Waals surface area contributed by atoms with Crippen molar-refractivity contribution in [3.8, 4) is 0 Å². The van der Waals surface area contributed by atoms with Crippen LogP contribution in [0, 0.1) is 0 Å². The van der Waals surface area contributed by atoms with E-state index in [1.54, 1.807) is 0 Å². The van der Waals surface area contributed by atoms with Gasteiger partial charge in [0.2, 0.25) is 0 Å². The predicted octanol–water partition coefficient (Wildman–Crippen LogP) is 12.0. The lowest BCUT2D eigenvalue weighted by Crippen LogP contribution is -2.36. The van der Waals surface area contributed by atoms with Gasteiger partial charge >= 0.3 is 7.55 Å². The van der Waals surface area contributed by atoms with Crippen molar-refractivity contribution >= 4 is 72.2 Å². The van der Waals surface area contributed by atoms with Crippen molar-refractivity contribution in [2.75, 3.05) is 27.2 Å². The van der Waals surface area contributed by atoms with E-state index in [4.69, 9.17) is 0 Å². The molecule has 2 nitrogen and oxygen atoms in total. The zero-order valence-corrected chi connectivity index (χ0v) is 26.7. The summed E-state index contributed by atoms with van der Waals surface area (Å²) in [6.45, 7) is 6.43. The number of rotatable bonds is 4. The number of hydrogen-bond acceptors (Lipinski definition) is 2. The Hall–Kier alpha value is -4.70. The second-order valence-corrected chi connectivity index (χ2v) is 11.6. The van der Waals surface area contributed by atoms with Gasteiger partial charge in [0.1, 0.15) is 0 Å². The van der Waals surface area contributed by atoms with E-state index in [0.29, 0.717) is 0 Å². The van der Waals surface area contributed by atoms with Crippen molar-refractivity contribution in [3.05, 3.63) is 146 Å². The van der Waals surface area contributed by atoms with Crippen LogP contribution in [0.15, 0.2) is 146 Å². The largest absolute Gasteiger partial charge is 0.335 e. The molecule has 0 heterocycles. The zero-order valence-electron chi connectivity index (χ0n) is 26.7. The molecule has 237 valence electrons. The first-order valence-electron chi connectivity index (χ1n) is 15.9. The average Bonchev–Trinajstić information content (AvgIpc) is 3.11. The van der Waals surface area contributed by atoms with E-state index >= 15 is 0 Å². The van der Waals surface area contributed by atoms with Gasteiger partial charge in [0.15, 0.2) is 0 Å². The maximum atomic E-state index is 2.24. The second-order valence-electron chi connectivity index (χ2n) is 11.6. The van der Waals surface area contributed by atoms with E-state index in [-0.39, 0.29) is 14.9 Å². The second kappa shape index (κ2) is 16.2. The Morgan fingerprint density at radius 3 is 0.809 bits per heavy atom. The molecule has 0 saturated heterocycles. The molecule has 0 aliphatic rings. The molecule has 0 aliphatic carbocycles. The molecular formula is C44H48BN2. The quantitative estimate of drug-likeness (QED) is 0.144. The van der Waals surface area contributed by atoms with Crippen LogP contribution >= 0.6 is 0 Å². The van der Waals surface area contributed by atoms with Gasteiger partial charge in [-0.15, -0.1) is 0 Å². The molecule has 0 saturated carbocycles. The molecule has 3 heteroatoms. The van der Waals surface area contributed by atoms with E-state index < -0.39 is 0 Å². The van der Waals surface area contributed by atoms with Gasteiger partial charge in [-0.3, -0.25) is 0 Å². The number of hydrogen-bond donors (Lipinski definition) is 0. The van der Waals surface area contributed by atoms with Gasteiger partial charge in [0.25, 0.3) is 0 Å². The lowest BCUT2D eigenvalue weighted by Gasteiger charge is -2.18. The molecule has 0 aliphatic heterocycles. The molecule has 1 radical (unpaired) electrons. The molecule has 8 aromatic rings. The molecule has 8 rings (SSSR count). The molecule has 8 aromatic carbocycles. The molecule has 0 atom stereocenters. The smallest absolute Gasteiger partial charge is 0.312 e. The van der Waals surface area contributed by atoms with Gasteiger partial charge in [0.05, 0.1) is 0 Å². The summed E-state index contributed by atoms with van der Waals surface area (Å²) in [4.78, 5) is 4.31. The van der Waals surface area contributed by atoms with E-state index in [9.17, 15) is 0 Å². The highest BCUT2D eigenvalue weighted by Crippen LogP contribution is 2.32. The number of benzene rings is 8. The summed E-state index contributed by atoms with van der Waals surface area (Å²) in [5, 5.41) is 15.9. The summed E-state index contributed by atoms with van der Waals surface area (Å²) < 4.78 is 0. The summed E-state index contributed by atoms with van der Waals surface area (Å²) in [6.07, 6.45) is 0. The summed E-state index contributed by atoms with van der Waals surface area (Å²) in [7, 11) is 6.26. The highest BCUT2D eigenvalue weighted by Gasteiger charge is 2.05. The fourth-order valence-corrected chi connectivity index (χ4v) is 6.04. The first-order valence-corrected chi connectivity index (χ1v) is 15.9. The summed E-state index contributed by atoms with van der Waals surface area (Å²) in [6, 6.07) is 52.1. The van der Waals surface area contributed by atoms with Crippen LogP contribution in [-0.2, 0) is 0 Å². The lowest BCUT2D eigenvalue weighted by molar-refractivity contribution is 0.467. The van der Waals surface area contributed by atoms with Gasteiger partial charge in [-0.25, -0.2) is 0 Å². The fraction of sp³-hybridized carbons (Fsp3) is 0.182. The molecule has 0 fully saturated rings. The highest BCUT2D eigenvalue weighted by molar-refractivity contribution is 6.28. The fourth-order valence-electron chi connectivity index (χ4n) is 6.04. The standard InChI is InChI=1S/2C18H12.C6H16BN2.2CH4/c2*1-3-7-15-13(5-1)9-11-18-16-8-4-2-6-14(16)10-12-17(15)18;1-5-8(3)7-9(4)6-2;;/h2*1-12H;5-6H2,1-4H3;2*1H4. The Labute approximate surface area is 282 Å². The van der Waals surface area contributed by atoms with Gasteiger partial charge in [-0.2, -0.15) is 0 Å². The molecule has 47 heavy (non-hydrogen) atoms. The summed E-state index contributed by atoms with van der Waals surface area (Å²) >= 11 is 0. The topological polar surface area (TPSA) is 6.48 Å². The Morgan fingerprint density at radius 2 is 0.574 bits per heavy atom. The zero-order chi connectivity index (χ0) is 31.2. The van der Waals surface area contributed by atoms with E-state index in [1.165, 1.54) is 64.6 Å².